The van der Waals surface area contributed by atoms with Crippen molar-refractivity contribution < 1.29 is 9.53 Å². The predicted molar refractivity (Wildman–Crippen MR) is 102 cm³/mol. The predicted octanol–water partition coefficient (Wildman–Crippen LogP) is 4.29. The molecule has 0 aliphatic rings. The summed E-state index contributed by atoms with van der Waals surface area (Å²) in [4.78, 5) is 13.7. The van der Waals surface area contributed by atoms with Gasteiger partial charge in [-0.3, -0.25) is 4.79 Å². The normalized spacial score (nSPS) is 12.6. The summed E-state index contributed by atoms with van der Waals surface area (Å²) in [5.74, 6) is 0.357. The Bertz CT molecular complexity index is 884. The average Bonchev–Trinajstić information content (AvgIpc) is 3.21. The van der Waals surface area contributed by atoms with Gasteiger partial charge in [-0.25, -0.2) is 0 Å². The van der Waals surface area contributed by atoms with E-state index in [4.69, 9.17) is 10.00 Å². The largest absolute Gasteiger partial charge is 0.481 e. The molecule has 0 saturated heterocycles. The highest BCUT2D eigenvalue weighted by Gasteiger charge is 2.22. The van der Waals surface area contributed by atoms with Crippen LogP contribution in [0.1, 0.15) is 29.0 Å². The van der Waals surface area contributed by atoms with Crippen LogP contribution < -0.4 is 10.1 Å². The molecule has 0 saturated carbocycles. The van der Waals surface area contributed by atoms with Gasteiger partial charge >= 0.3 is 0 Å². The zero-order valence-electron chi connectivity index (χ0n) is 14.3. The van der Waals surface area contributed by atoms with E-state index < -0.39 is 6.10 Å². The van der Waals surface area contributed by atoms with E-state index >= 15 is 0 Å². The van der Waals surface area contributed by atoms with Crippen LogP contribution in [0.4, 0.5) is 0 Å². The first-order valence-corrected chi connectivity index (χ1v) is 9.11. The fourth-order valence-electron chi connectivity index (χ4n) is 2.55. The zero-order chi connectivity index (χ0) is 18.4. The van der Waals surface area contributed by atoms with Crippen LogP contribution >= 0.6 is 11.3 Å². The number of thiophene rings is 1. The van der Waals surface area contributed by atoms with Gasteiger partial charge in [-0.05, 0) is 48.2 Å². The van der Waals surface area contributed by atoms with Gasteiger partial charge in [0.1, 0.15) is 5.75 Å². The zero-order valence-corrected chi connectivity index (χ0v) is 15.1. The lowest BCUT2D eigenvalue weighted by Crippen LogP contribution is -2.38. The fraction of sp³-hybridized carbons (Fsp3) is 0.143. The summed E-state index contributed by atoms with van der Waals surface area (Å²) in [6, 6.07) is 22.4. The second-order valence-corrected chi connectivity index (χ2v) is 6.74. The first-order chi connectivity index (χ1) is 12.7. The number of benzene rings is 2. The van der Waals surface area contributed by atoms with Crippen molar-refractivity contribution in [2.24, 2.45) is 0 Å². The molecule has 2 aromatic carbocycles. The quantitative estimate of drug-likeness (QED) is 0.711. The number of ether oxygens (including phenoxy) is 1. The molecule has 0 radical (unpaired) electrons. The number of nitrogens with one attached hydrogen (secondary N) is 1. The molecule has 3 aromatic rings. The maximum absolute atomic E-state index is 12.7. The monoisotopic (exact) mass is 362 g/mol. The molecule has 1 amide bonds. The maximum Gasteiger partial charge on any atom is 0.261 e. The third-order valence-corrected chi connectivity index (χ3v) is 4.85. The lowest BCUT2D eigenvalue weighted by atomic mass is 10.1. The molecule has 26 heavy (non-hydrogen) atoms. The number of amides is 1. The van der Waals surface area contributed by atoms with Crippen LogP contribution in [-0.2, 0) is 4.79 Å². The smallest absolute Gasteiger partial charge is 0.261 e. The molecule has 0 bridgehead atoms. The lowest BCUT2D eigenvalue weighted by molar-refractivity contribution is -0.127. The van der Waals surface area contributed by atoms with Gasteiger partial charge in [-0.1, -0.05) is 36.4 Å². The number of hydrogen-bond acceptors (Lipinski definition) is 4. The number of rotatable bonds is 6. The summed E-state index contributed by atoms with van der Waals surface area (Å²) in [6.07, 6.45) is -0.658. The molecule has 1 N–H and O–H groups in total. The summed E-state index contributed by atoms with van der Waals surface area (Å²) >= 11 is 1.60. The fourth-order valence-corrected chi connectivity index (χ4v) is 3.35. The Balaban J connectivity index is 1.72. The Morgan fingerprint density at radius 2 is 1.81 bits per heavy atom. The Morgan fingerprint density at radius 3 is 2.42 bits per heavy atom. The molecule has 0 fully saturated rings. The van der Waals surface area contributed by atoms with E-state index in [9.17, 15) is 4.79 Å². The SMILES string of the molecule is C[C@H](Oc1ccc(C#N)cc1)C(=O)N[C@H](c1ccccc1)c1cccs1. The van der Waals surface area contributed by atoms with Gasteiger partial charge < -0.3 is 10.1 Å². The van der Waals surface area contributed by atoms with Gasteiger partial charge in [-0.2, -0.15) is 5.26 Å². The molecule has 5 heteroatoms. The molecule has 0 spiro atoms. The summed E-state index contributed by atoms with van der Waals surface area (Å²) in [5.41, 5.74) is 1.57. The van der Waals surface area contributed by atoms with Gasteiger partial charge in [0.15, 0.2) is 6.10 Å². The van der Waals surface area contributed by atoms with Crippen LogP contribution in [0, 0.1) is 11.3 Å². The lowest BCUT2D eigenvalue weighted by Gasteiger charge is -2.21. The average molecular weight is 362 g/mol. The van der Waals surface area contributed by atoms with Crippen molar-refractivity contribution in [3.05, 3.63) is 88.1 Å². The first kappa shape index (κ1) is 17.7. The molecular weight excluding hydrogens is 344 g/mol. The second kappa shape index (κ2) is 8.32. The van der Waals surface area contributed by atoms with Gasteiger partial charge in [0.25, 0.3) is 5.91 Å². The molecule has 3 rings (SSSR count). The number of carbonyl (C=O) groups excluding carboxylic acids is 1. The number of hydrogen-bond donors (Lipinski definition) is 1. The van der Waals surface area contributed by atoms with Crippen molar-refractivity contribution in [2.75, 3.05) is 0 Å². The van der Waals surface area contributed by atoms with Crippen molar-refractivity contribution in [1.82, 2.24) is 5.32 Å². The minimum atomic E-state index is -0.658. The Hall–Kier alpha value is -3.10. The third kappa shape index (κ3) is 4.29. The van der Waals surface area contributed by atoms with Crippen molar-refractivity contribution in [3.63, 3.8) is 0 Å². The number of nitrogens with zero attached hydrogens (tertiary/aromatic N) is 1. The van der Waals surface area contributed by atoms with Gasteiger partial charge in [0, 0.05) is 4.88 Å². The van der Waals surface area contributed by atoms with Crippen LogP contribution in [0.25, 0.3) is 0 Å². The van der Waals surface area contributed by atoms with Crippen molar-refractivity contribution in [1.29, 1.82) is 5.26 Å². The highest BCUT2D eigenvalue weighted by Crippen LogP contribution is 2.26. The van der Waals surface area contributed by atoms with E-state index in [2.05, 4.69) is 11.4 Å². The molecule has 130 valence electrons. The number of nitriles is 1. The van der Waals surface area contributed by atoms with Crippen molar-refractivity contribution in [3.8, 4) is 11.8 Å². The van der Waals surface area contributed by atoms with E-state index in [1.165, 1.54) is 0 Å². The third-order valence-electron chi connectivity index (χ3n) is 3.91. The molecule has 1 heterocycles. The van der Waals surface area contributed by atoms with Gasteiger partial charge in [0.2, 0.25) is 0 Å². The molecule has 0 aliphatic heterocycles. The van der Waals surface area contributed by atoms with Crippen LogP contribution in [-0.4, -0.2) is 12.0 Å². The molecule has 1 aromatic heterocycles. The highest BCUT2D eigenvalue weighted by molar-refractivity contribution is 7.10. The summed E-state index contributed by atoms with van der Waals surface area (Å²) in [7, 11) is 0. The summed E-state index contributed by atoms with van der Waals surface area (Å²) in [5, 5.41) is 13.9. The van der Waals surface area contributed by atoms with Crippen molar-refractivity contribution in [2.45, 2.75) is 19.1 Å². The van der Waals surface area contributed by atoms with Crippen LogP contribution in [0.2, 0.25) is 0 Å². The van der Waals surface area contributed by atoms with Crippen molar-refractivity contribution >= 4 is 17.2 Å². The van der Waals surface area contributed by atoms with Gasteiger partial charge in [-0.15, -0.1) is 11.3 Å². The number of carbonyl (C=O) groups is 1. The molecule has 0 aliphatic carbocycles. The highest BCUT2D eigenvalue weighted by atomic mass is 32.1. The van der Waals surface area contributed by atoms with E-state index in [0.717, 1.165) is 10.4 Å². The van der Waals surface area contributed by atoms with Crippen LogP contribution in [0.3, 0.4) is 0 Å². The standard InChI is InChI=1S/C21H18N2O2S/c1-15(25-18-11-9-16(14-22)10-12-18)21(24)23-20(19-8-5-13-26-19)17-6-3-2-4-7-17/h2-13,15,20H,1H3,(H,23,24)/t15-,20+/m0/s1. The van der Waals surface area contributed by atoms with E-state index in [1.54, 1.807) is 42.5 Å². The minimum absolute atomic E-state index is 0.198. The summed E-state index contributed by atoms with van der Waals surface area (Å²) in [6.45, 7) is 1.71. The molecular formula is C21H18N2O2S. The maximum atomic E-state index is 12.7. The summed E-state index contributed by atoms with van der Waals surface area (Å²) < 4.78 is 5.71. The Labute approximate surface area is 156 Å². The van der Waals surface area contributed by atoms with Crippen LogP contribution in [0.5, 0.6) is 5.75 Å². The second-order valence-electron chi connectivity index (χ2n) is 5.76. The Kier molecular flexibility index (Phi) is 5.67. The van der Waals surface area contributed by atoms with Gasteiger partial charge in [0.05, 0.1) is 17.7 Å². The topological polar surface area (TPSA) is 62.1 Å². The van der Waals surface area contributed by atoms with Crippen LogP contribution in [0.15, 0.2) is 72.1 Å². The minimum Gasteiger partial charge on any atom is -0.481 e. The molecule has 0 unspecified atom stereocenters. The van der Waals surface area contributed by atoms with E-state index in [0.29, 0.717) is 11.3 Å². The molecule has 2 atom stereocenters. The van der Waals surface area contributed by atoms with E-state index in [1.807, 2.05) is 47.8 Å². The molecule has 4 nitrogen and oxygen atoms in total. The van der Waals surface area contributed by atoms with E-state index in [-0.39, 0.29) is 11.9 Å². The first-order valence-electron chi connectivity index (χ1n) is 8.23. The Morgan fingerprint density at radius 1 is 1.08 bits per heavy atom.